The lowest BCUT2D eigenvalue weighted by molar-refractivity contribution is 0.615. The predicted octanol–water partition coefficient (Wildman–Crippen LogP) is 0.645. The first-order valence-corrected chi connectivity index (χ1v) is 4.79. The number of nitrogen functional groups attached to an aromatic ring is 1. The molecule has 2 aromatic rings. The zero-order valence-electron chi connectivity index (χ0n) is 8.88. The lowest BCUT2D eigenvalue weighted by atomic mass is 10.3. The summed E-state index contributed by atoms with van der Waals surface area (Å²) < 4.78 is 14.2. The van der Waals surface area contributed by atoms with Crippen molar-refractivity contribution in [3.63, 3.8) is 0 Å². The molecule has 0 aliphatic carbocycles. The standard InChI is InChI=1S/C10H7FN4O3/c11-5-3-1-2-4-6(5)15-8(12)7(14-18)9(16)13-10(15)17/h1-4H,12H2,(H,13,16,17). The van der Waals surface area contributed by atoms with Gasteiger partial charge in [0.2, 0.25) is 5.69 Å². The molecule has 0 amide bonds. The van der Waals surface area contributed by atoms with Crippen LogP contribution in [0.2, 0.25) is 0 Å². The molecule has 0 fully saturated rings. The third-order valence-corrected chi connectivity index (χ3v) is 2.31. The van der Waals surface area contributed by atoms with Crippen molar-refractivity contribution >= 4 is 11.5 Å². The maximum absolute atomic E-state index is 13.6. The molecular weight excluding hydrogens is 243 g/mol. The quantitative estimate of drug-likeness (QED) is 0.762. The monoisotopic (exact) mass is 250 g/mol. The normalized spacial score (nSPS) is 10.3. The van der Waals surface area contributed by atoms with Crippen LogP contribution in [0.25, 0.3) is 5.69 Å². The Balaban J connectivity index is 2.89. The summed E-state index contributed by atoms with van der Waals surface area (Å²) in [6.07, 6.45) is 0. The summed E-state index contributed by atoms with van der Waals surface area (Å²) in [4.78, 5) is 35.1. The predicted molar refractivity (Wildman–Crippen MR) is 62.5 cm³/mol. The fraction of sp³-hybridized carbons (Fsp3) is 0. The molecule has 1 aromatic heterocycles. The number of hydrogen-bond donors (Lipinski definition) is 2. The number of nitrogens with two attached hydrogens (primary N) is 1. The van der Waals surface area contributed by atoms with E-state index in [4.69, 9.17) is 5.73 Å². The van der Waals surface area contributed by atoms with Crippen LogP contribution < -0.4 is 17.0 Å². The van der Waals surface area contributed by atoms with E-state index in [0.717, 1.165) is 6.07 Å². The van der Waals surface area contributed by atoms with E-state index < -0.39 is 28.6 Å². The molecule has 7 nitrogen and oxygen atoms in total. The van der Waals surface area contributed by atoms with Crippen molar-refractivity contribution in [2.45, 2.75) is 0 Å². The van der Waals surface area contributed by atoms with Crippen LogP contribution in [0.1, 0.15) is 0 Å². The fourth-order valence-corrected chi connectivity index (χ4v) is 1.50. The van der Waals surface area contributed by atoms with Crippen molar-refractivity contribution in [1.82, 2.24) is 9.55 Å². The second kappa shape index (κ2) is 4.24. The molecule has 0 atom stereocenters. The highest BCUT2D eigenvalue weighted by Crippen LogP contribution is 2.19. The molecule has 0 radical (unpaired) electrons. The minimum Gasteiger partial charge on any atom is -0.383 e. The summed E-state index contributed by atoms with van der Waals surface area (Å²) in [5.41, 5.74) is 2.67. The Morgan fingerprint density at radius 2 is 1.94 bits per heavy atom. The molecule has 0 bridgehead atoms. The smallest absolute Gasteiger partial charge is 0.334 e. The van der Waals surface area contributed by atoms with Crippen LogP contribution in [0.15, 0.2) is 39.0 Å². The average molecular weight is 250 g/mol. The number of nitrogens with zero attached hydrogens (tertiary/aromatic N) is 2. The molecule has 0 aliphatic heterocycles. The van der Waals surface area contributed by atoms with E-state index in [1.807, 2.05) is 4.98 Å². The highest BCUT2D eigenvalue weighted by molar-refractivity contribution is 5.59. The van der Waals surface area contributed by atoms with Crippen LogP contribution in [0.3, 0.4) is 0 Å². The number of para-hydroxylation sites is 1. The molecule has 1 heterocycles. The van der Waals surface area contributed by atoms with Crippen LogP contribution in [0.4, 0.5) is 15.9 Å². The summed E-state index contributed by atoms with van der Waals surface area (Å²) >= 11 is 0. The zero-order chi connectivity index (χ0) is 13.3. The Kier molecular flexibility index (Phi) is 2.76. The number of benzene rings is 1. The van der Waals surface area contributed by atoms with Crippen LogP contribution in [-0.2, 0) is 0 Å². The van der Waals surface area contributed by atoms with Crippen molar-refractivity contribution in [3.05, 3.63) is 55.8 Å². The molecule has 0 saturated carbocycles. The van der Waals surface area contributed by atoms with Crippen LogP contribution in [0, 0.1) is 10.7 Å². The highest BCUT2D eigenvalue weighted by atomic mass is 19.1. The van der Waals surface area contributed by atoms with Gasteiger partial charge in [0.05, 0.1) is 5.69 Å². The van der Waals surface area contributed by atoms with Crippen molar-refractivity contribution in [2.24, 2.45) is 5.18 Å². The van der Waals surface area contributed by atoms with Gasteiger partial charge in [-0.05, 0) is 17.3 Å². The number of H-pyrrole nitrogens is 1. The number of halogens is 1. The molecule has 0 spiro atoms. The van der Waals surface area contributed by atoms with Crippen LogP contribution in [-0.4, -0.2) is 9.55 Å². The summed E-state index contributed by atoms with van der Waals surface area (Å²) in [6, 6.07) is 5.29. The summed E-state index contributed by atoms with van der Waals surface area (Å²) in [7, 11) is 0. The molecule has 2 rings (SSSR count). The van der Waals surface area contributed by atoms with Crippen molar-refractivity contribution in [3.8, 4) is 5.69 Å². The minimum absolute atomic E-state index is 0.179. The van der Waals surface area contributed by atoms with Crippen LogP contribution >= 0.6 is 0 Å². The fourth-order valence-electron chi connectivity index (χ4n) is 1.50. The van der Waals surface area contributed by atoms with Gasteiger partial charge in [-0.2, -0.15) is 0 Å². The first kappa shape index (κ1) is 11.7. The molecule has 8 heteroatoms. The average Bonchev–Trinajstić information content (AvgIpc) is 2.31. The molecule has 92 valence electrons. The van der Waals surface area contributed by atoms with E-state index in [0.29, 0.717) is 4.57 Å². The van der Waals surface area contributed by atoms with Gasteiger partial charge < -0.3 is 5.73 Å². The Labute approximate surface area is 98.7 Å². The van der Waals surface area contributed by atoms with Crippen molar-refractivity contribution in [1.29, 1.82) is 0 Å². The maximum Gasteiger partial charge on any atom is 0.334 e. The van der Waals surface area contributed by atoms with Gasteiger partial charge in [0.1, 0.15) is 11.6 Å². The molecule has 0 saturated heterocycles. The Morgan fingerprint density at radius 1 is 1.28 bits per heavy atom. The Hall–Kier alpha value is -2.77. The van der Waals surface area contributed by atoms with Gasteiger partial charge in [-0.15, -0.1) is 4.91 Å². The van der Waals surface area contributed by atoms with E-state index in [2.05, 4.69) is 5.18 Å². The first-order chi connectivity index (χ1) is 8.56. The third-order valence-electron chi connectivity index (χ3n) is 2.31. The molecular formula is C10H7FN4O3. The molecule has 0 unspecified atom stereocenters. The second-order valence-corrected chi connectivity index (χ2v) is 3.37. The molecule has 0 aliphatic rings. The van der Waals surface area contributed by atoms with Gasteiger partial charge in [0.15, 0.2) is 0 Å². The van der Waals surface area contributed by atoms with Gasteiger partial charge in [-0.3, -0.25) is 9.78 Å². The lowest BCUT2D eigenvalue weighted by Crippen LogP contribution is -2.31. The largest absolute Gasteiger partial charge is 0.383 e. The van der Waals surface area contributed by atoms with E-state index >= 15 is 0 Å². The number of nitrogens with one attached hydrogen (secondary N) is 1. The van der Waals surface area contributed by atoms with Crippen LogP contribution in [0.5, 0.6) is 0 Å². The first-order valence-electron chi connectivity index (χ1n) is 4.79. The molecule has 3 N–H and O–H groups in total. The summed E-state index contributed by atoms with van der Waals surface area (Å²) in [6.45, 7) is 0. The Morgan fingerprint density at radius 3 is 2.56 bits per heavy atom. The van der Waals surface area contributed by atoms with Gasteiger partial charge in [-0.1, -0.05) is 12.1 Å². The number of hydrogen-bond acceptors (Lipinski definition) is 5. The number of aromatic amines is 1. The number of aromatic nitrogens is 2. The van der Waals surface area contributed by atoms with Gasteiger partial charge in [-0.25, -0.2) is 13.8 Å². The van der Waals surface area contributed by atoms with E-state index in [9.17, 15) is 18.9 Å². The zero-order valence-corrected chi connectivity index (χ0v) is 8.88. The maximum atomic E-state index is 13.6. The van der Waals surface area contributed by atoms with Crippen molar-refractivity contribution < 1.29 is 4.39 Å². The van der Waals surface area contributed by atoms with Gasteiger partial charge in [0, 0.05) is 0 Å². The third kappa shape index (κ3) is 1.69. The van der Waals surface area contributed by atoms with E-state index in [1.54, 1.807) is 0 Å². The number of rotatable bonds is 2. The number of anilines is 1. The van der Waals surface area contributed by atoms with E-state index in [-0.39, 0.29) is 5.69 Å². The summed E-state index contributed by atoms with van der Waals surface area (Å²) in [5, 5.41) is 2.43. The van der Waals surface area contributed by atoms with E-state index in [1.165, 1.54) is 18.2 Å². The number of nitroso groups, excluding NO2 is 1. The minimum atomic E-state index is -1.01. The highest BCUT2D eigenvalue weighted by Gasteiger charge is 2.16. The SMILES string of the molecule is Nc1c(N=O)c(=O)[nH]c(=O)n1-c1ccccc1F. The molecule has 1 aromatic carbocycles. The van der Waals surface area contributed by atoms with Gasteiger partial charge in [0.25, 0.3) is 5.56 Å². The van der Waals surface area contributed by atoms with Gasteiger partial charge >= 0.3 is 5.69 Å². The lowest BCUT2D eigenvalue weighted by Gasteiger charge is -2.09. The summed E-state index contributed by atoms with van der Waals surface area (Å²) in [5.74, 6) is -1.24. The topological polar surface area (TPSA) is 110 Å². The molecule has 18 heavy (non-hydrogen) atoms. The van der Waals surface area contributed by atoms with Crippen molar-refractivity contribution in [2.75, 3.05) is 5.73 Å². The second-order valence-electron chi connectivity index (χ2n) is 3.37. The Bertz CT molecular complexity index is 735.